The number of carbonyl (C=O) groups excluding carboxylic acids is 1. The zero-order valence-corrected chi connectivity index (χ0v) is 21.9. The Kier molecular flexibility index (Phi) is 9.75. The molecule has 2 unspecified atom stereocenters. The average Bonchev–Trinajstić information content (AvgIpc) is 3.62. The number of rotatable bonds is 4. The van der Waals surface area contributed by atoms with E-state index in [0.29, 0.717) is 6.54 Å². The van der Waals surface area contributed by atoms with Crippen LogP contribution in [0.25, 0.3) is 0 Å². The number of fused-ring (bicyclic) bond motifs is 3. The Morgan fingerprint density at radius 3 is 2.05 bits per heavy atom. The molecule has 0 spiro atoms. The molecule has 0 saturated carbocycles. The molecule has 3 aromatic heterocycles. The highest BCUT2D eigenvalue weighted by molar-refractivity contribution is 7.09. The van der Waals surface area contributed by atoms with Gasteiger partial charge in [0.25, 0.3) is 5.91 Å². The lowest BCUT2D eigenvalue weighted by Crippen LogP contribution is -2.49. The summed E-state index contributed by atoms with van der Waals surface area (Å²) in [5.74, 6) is -5.40. The molecule has 2 atom stereocenters. The summed E-state index contributed by atoms with van der Waals surface area (Å²) >= 11 is 1.64. The first-order chi connectivity index (χ1) is 19.1. The second-order valence-corrected chi connectivity index (χ2v) is 9.94. The maximum Gasteiger partial charge on any atom is 0.490 e. The lowest BCUT2D eigenvalue weighted by molar-refractivity contribution is -0.193. The maximum atomic E-state index is 13.2. The molecular formula is C24H23F6N5O5S. The van der Waals surface area contributed by atoms with Gasteiger partial charge < -0.3 is 19.7 Å². The number of aryl methyl sites for hydroxylation is 1. The van der Waals surface area contributed by atoms with Gasteiger partial charge in [-0.25, -0.2) is 14.6 Å². The van der Waals surface area contributed by atoms with Crippen molar-refractivity contribution in [3.63, 3.8) is 0 Å². The molecule has 0 radical (unpaired) electrons. The maximum absolute atomic E-state index is 13.2. The van der Waals surface area contributed by atoms with Gasteiger partial charge >= 0.3 is 24.3 Å². The Hall–Kier alpha value is -3.99. The van der Waals surface area contributed by atoms with E-state index in [0.717, 1.165) is 36.0 Å². The smallest absolute Gasteiger partial charge is 0.475 e. The van der Waals surface area contributed by atoms with Crippen molar-refractivity contribution in [3.8, 4) is 0 Å². The quantitative estimate of drug-likeness (QED) is 0.426. The normalized spacial score (nSPS) is 18.4. The molecule has 2 N–H and O–H groups in total. The number of carboxylic acid groups (broad SMARTS) is 2. The third kappa shape index (κ3) is 8.26. The molecule has 1 fully saturated rings. The molecule has 1 amide bonds. The van der Waals surface area contributed by atoms with Crippen molar-refractivity contribution in [1.29, 1.82) is 0 Å². The predicted octanol–water partition coefficient (Wildman–Crippen LogP) is 4.00. The highest BCUT2D eigenvalue weighted by Gasteiger charge is 2.45. The van der Waals surface area contributed by atoms with Gasteiger partial charge in [-0.05, 0) is 36.8 Å². The number of amides is 1. The second kappa shape index (κ2) is 12.7. The van der Waals surface area contributed by atoms with Crippen LogP contribution in [-0.4, -0.2) is 83.9 Å². The average molecular weight is 608 g/mol. The molecule has 3 aromatic rings. The van der Waals surface area contributed by atoms with Gasteiger partial charge in [0, 0.05) is 43.6 Å². The van der Waals surface area contributed by atoms with Crippen molar-refractivity contribution in [2.45, 2.75) is 44.4 Å². The number of nitrogens with zero attached hydrogens (tertiary/aromatic N) is 5. The van der Waals surface area contributed by atoms with Crippen LogP contribution in [0.1, 0.15) is 32.8 Å². The number of carboxylic acids is 2. The number of aromatic nitrogens is 3. The number of likely N-dealkylation sites (tertiary alicyclic amines) is 1. The van der Waals surface area contributed by atoms with E-state index in [-0.39, 0.29) is 18.0 Å². The number of hydrogen-bond donors (Lipinski definition) is 2. The fourth-order valence-electron chi connectivity index (χ4n) is 4.31. The molecule has 17 heteroatoms. The van der Waals surface area contributed by atoms with E-state index in [4.69, 9.17) is 19.8 Å². The predicted molar refractivity (Wildman–Crippen MR) is 131 cm³/mol. The van der Waals surface area contributed by atoms with Gasteiger partial charge in [0.05, 0.1) is 29.3 Å². The summed E-state index contributed by atoms with van der Waals surface area (Å²) in [7, 11) is 0. The monoisotopic (exact) mass is 607 g/mol. The molecule has 5 rings (SSSR count). The topological polar surface area (TPSA) is 129 Å². The molecule has 5 heterocycles. The lowest BCUT2D eigenvalue weighted by atomic mass is 10.1. The van der Waals surface area contributed by atoms with Crippen molar-refractivity contribution in [3.05, 3.63) is 70.2 Å². The van der Waals surface area contributed by atoms with E-state index in [1.54, 1.807) is 11.3 Å². The Labute approximate surface area is 232 Å². The van der Waals surface area contributed by atoms with Crippen LogP contribution in [0.2, 0.25) is 0 Å². The Morgan fingerprint density at radius 1 is 0.976 bits per heavy atom. The first kappa shape index (κ1) is 31.5. The van der Waals surface area contributed by atoms with Crippen LogP contribution < -0.4 is 0 Å². The number of alkyl halides is 6. The van der Waals surface area contributed by atoms with Gasteiger partial charge in [0.1, 0.15) is 5.69 Å². The van der Waals surface area contributed by atoms with Crippen molar-refractivity contribution in [1.82, 2.24) is 24.3 Å². The van der Waals surface area contributed by atoms with E-state index >= 15 is 0 Å². The summed E-state index contributed by atoms with van der Waals surface area (Å²) in [5, 5.41) is 17.4. The molecule has 222 valence electrons. The molecule has 41 heavy (non-hydrogen) atoms. The number of carbonyl (C=O) groups is 3. The molecule has 10 nitrogen and oxygen atoms in total. The Morgan fingerprint density at radius 2 is 1.54 bits per heavy atom. The first-order valence-corrected chi connectivity index (χ1v) is 12.6. The molecular weight excluding hydrogens is 584 g/mol. The summed E-state index contributed by atoms with van der Waals surface area (Å²) in [6, 6.07) is 8.49. The van der Waals surface area contributed by atoms with Gasteiger partial charge in [-0.15, -0.1) is 11.3 Å². The Bertz CT molecular complexity index is 1340. The van der Waals surface area contributed by atoms with Gasteiger partial charge in [0.2, 0.25) is 0 Å². The molecule has 2 aliphatic heterocycles. The van der Waals surface area contributed by atoms with Crippen LogP contribution in [0, 0.1) is 6.92 Å². The van der Waals surface area contributed by atoms with Gasteiger partial charge in [-0.1, -0.05) is 0 Å². The van der Waals surface area contributed by atoms with E-state index in [1.807, 2.05) is 42.5 Å². The minimum absolute atomic E-state index is 0.109. The van der Waals surface area contributed by atoms with Crippen molar-refractivity contribution in [2.24, 2.45) is 0 Å². The van der Waals surface area contributed by atoms with Crippen LogP contribution in [0.15, 0.2) is 48.2 Å². The van der Waals surface area contributed by atoms with E-state index in [9.17, 15) is 31.1 Å². The van der Waals surface area contributed by atoms with E-state index < -0.39 is 24.3 Å². The van der Waals surface area contributed by atoms with E-state index in [1.165, 1.54) is 5.56 Å². The SMILES string of the molecule is Cc1nc(CN2C(=O)c3cccn3C3CN(Cc4ccncc4)CC32)cs1.O=C(O)C(F)(F)F.O=C(O)C(F)(F)F. The van der Waals surface area contributed by atoms with Crippen molar-refractivity contribution < 1.29 is 50.9 Å². The zero-order chi connectivity index (χ0) is 30.5. The van der Waals surface area contributed by atoms with Crippen molar-refractivity contribution >= 4 is 29.2 Å². The standard InChI is InChI=1S/C20H21N5OS.2C2HF3O2/c1-14-22-16(13-27-14)10-25-19-12-23(9-15-4-6-21-7-5-15)11-18(19)24-8-2-3-17(24)20(25)26;2*3-2(4,5)1(6)7/h2-8,13,18-19H,9-12H2,1H3;2*(H,6,7). The highest BCUT2D eigenvalue weighted by atomic mass is 32.1. The number of pyridine rings is 1. The first-order valence-electron chi connectivity index (χ1n) is 11.7. The number of hydrogen-bond acceptors (Lipinski definition) is 7. The van der Waals surface area contributed by atoms with Crippen LogP contribution in [-0.2, 0) is 22.7 Å². The summed E-state index contributed by atoms with van der Waals surface area (Å²) in [4.78, 5) is 44.1. The summed E-state index contributed by atoms with van der Waals surface area (Å²) in [6.07, 6.45) is -4.45. The van der Waals surface area contributed by atoms with Crippen LogP contribution in [0.5, 0.6) is 0 Å². The summed E-state index contributed by atoms with van der Waals surface area (Å²) in [6.45, 7) is 5.28. The molecule has 2 aliphatic rings. The third-order valence-electron chi connectivity index (χ3n) is 5.99. The van der Waals surface area contributed by atoms with Gasteiger partial charge in [-0.3, -0.25) is 14.7 Å². The molecule has 0 aliphatic carbocycles. The fraction of sp³-hybridized carbons (Fsp3) is 0.375. The van der Waals surface area contributed by atoms with Crippen molar-refractivity contribution in [2.75, 3.05) is 13.1 Å². The second-order valence-electron chi connectivity index (χ2n) is 8.88. The lowest BCUT2D eigenvalue weighted by Gasteiger charge is -2.38. The van der Waals surface area contributed by atoms with Crippen LogP contribution in [0.4, 0.5) is 26.3 Å². The summed E-state index contributed by atoms with van der Waals surface area (Å²) < 4.78 is 65.6. The minimum Gasteiger partial charge on any atom is -0.475 e. The van der Waals surface area contributed by atoms with E-state index in [2.05, 4.69) is 36.9 Å². The van der Waals surface area contributed by atoms with Gasteiger partial charge in [-0.2, -0.15) is 26.3 Å². The number of thiazole rings is 1. The Balaban J connectivity index is 0.000000276. The number of halogens is 6. The van der Waals surface area contributed by atoms with Crippen LogP contribution >= 0.6 is 11.3 Å². The van der Waals surface area contributed by atoms with Gasteiger partial charge in [0.15, 0.2) is 0 Å². The largest absolute Gasteiger partial charge is 0.490 e. The number of aliphatic carboxylic acids is 2. The molecule has 0 bridgehead atoms. The highest BCUT2D eigenvalue weighted by Crippen LogP contribution is 2.35. The third-order valence-corrected chi connectivity index (χ3v) is 6.81. The minimum atomic E-state index is -5.08. The zero-order valence-electron chi connectivity index (χ0n) is 21.1. The summed E-state index contributed by atoms with van der Waals surface area (Å²) in [5.41, 5.74) is 3.02. The molecule has 0 aromatic carbocycles. The fourth-order valence-corrected chi connectivity index (χ4v) is 4.91. The molecule has 1 saturated heterocycles. The van der Waals surface area contributed by atoms with Crippen LogP contribution in [0.3, 0.4) is 0 Å².